The van der Waals surface area contributed by atoms with Crippen LogP contribution in [0, 0.1) is 6.92 Å². The molecule has 0 aliphatic carbocycles. The highest BCUT2D eigenvalue weighted by Crippen LogP contribution is 2.32. The van der Waals surface area contributed by atoms with E-state index < -0.39 is 11.8 Å². The van der Waals surface area contributed by atoms with Crippen LogP contribution in [0.5, 0.6) is 5.75 Å². The van der Waals surface area contributed by atoms with E-state index in [0.717, 1.165) is 23.2 Å². The zero-order valence-electron chi connectivity index (χ0n) is 14.0. The molecule has 24 heavy (non-hydrogen) atoms. The van der Waals surface area contributed by atoms with E-state index in [4.69, 9.17) is 4.74 Å². The van der Waals surface area contributed by atoms with Crippen molar-refractivity contribution in [3.05, 3.63) is 53.6 Å². The normalized spacial score (nSPS) is 15.8. The molecule has 0 radical (unpaired) electrons. The fraction of sp³-hybridized carbons (Fsp3) is 0.263. The smallest absolute Gasteiger partial charge is 0.316 e. The molecule has 0 aromatic heterocycles. The number of rotatable bonds is 2. The number of hydrogen-bond acceptors (Lipinski definition) is 3. The summed E-state index contributed by atoms with van der Waals surface area (Å²) in [6.45, 7) is 3.86. The van der Waals surface area contributed by atoms with Crippen LogP contribution in [0.4, 0.5) is 11.4 Å². The number of aryl methyl sites for hydroxylation is 1. The zero-order valence-corrected chi connectivity index (χ0v) is 14.0. The predicted molar refractivity (Wildman–Crippen MR) is 93.5 cm³/mol. The standard InChI is InChI=1S/C19H20N2O3/c1-12-8-9-17(24-3)15(10-12)20-18(22)19(23)21-13(2)11-14-6-4-5-7-16(14)21/h4-10,13H,11H2,1-3H3,(H,20,22). The quantitative estimate of drug-likeness (QED) is 0.864. The Morgan fingerprint density at radius 2 is 1.96 bits per heavy atom. The number of amides is 2. The van der Waals surface area contributed by atoms with E-state index in [-0.39, 0.29) is 6.04 Å². The van der Waals surface area contributed by atoms with Gasteiger partial charge in [-0.25, -0.2) is 0 Å². The van der Waals surface area contributed by atoms with Crippen molar-refractivity contribution in [3.63, 3.8) is 0 Å². The number of para-hydroxylation sites is 1. The second-order valence-corrected chi connectivity index (χ2v) is 6.01. The number of methoxy groups -OCH3 is 1. The summed E-state index contributed by atoms with van der Waals surface area (Å²) < 4.78 is 5.24. The molecule has 2 aromatic carbocycles. The number of ether oxygens (including phenoxy) is 1. The van der Waals surface area contributed by atoms with Gasteiger partial charge in [0.2, 0.25) is 0 Å². The second kappa shape index (κ2) is 6.35. The fourth-order valence-corrected chi connectivity index (χ4v) is 3.08. The van der Waals surface area contributed by atoms with Crippen LogP contribution in [-0.4, -0.2) is 25.0 Å². The molecule has 1 heterocycles. The summed E-state index contributed by atoms with van der Waals surface area (Å²) >= 11 is 0. The molecule has 0 saturated heterocycles. The topological polar surface area (TPSA) is 58.6 Å². The van der Waals surface area contributed by atoms with Crippen LogP contribution in [-0.2, 0) is 16.0 Å². The third kappa shape index (κ3) is 2.85. The Morgan fingerprint density at radius 3 is 2.71 bits per heavy atom. The number of anilines is 2. The van der Waals surface area contributed by atoms with E-state index in [0.29, 0.717) is 11.4 Å². The van der Waals surface area contributed by atoms with Gasteiger partial charge in [0.1, 0.15) is 5.75 Å². The highest BCUT2D eigenvalue weighted by atomic mass is 16.5. The first-order valence-corrected chi connectivity index (χ1v) is 7.88. The Bertz CT molecular complexity index is 801. The third-order valence-corrected chi connectivity index (χ3v) is 4.22. The van der Waals surface area contributed by atoms with Gasteiger partial charge in [-0.15, -0.1) is 0 Å². The second-order valence-electron chi connectivity index (χ2n) is 6.01. The van der Waals surface area contributed by atoms with E-state index in [9.17, 15) is 9.59 Å². The van der Waals surface area contributed by atoms with Crippen molar-refractivity contribution in [1.82, 2.24) is 0 Å². The lowest BCUT2D eigenvalue weighted by Gasteiger charge is -2.22. The maximum absolute atomic E-state index is 12.7. The lowest BCUT2D eigenvalue weighted by atomic mass is 10.1. The van der Waals surface area contributed by atoms with Crippen LogP contribution in [0.2, 0.25) is 0 Å². The van der Waals surface area contributed by atoms with Gasteiger partial charge in [0.15, 0.2) is 0 Å². The number of nitrogens with one attached hydrogen (secondary N) is 1. The first-order chi connectivity index (χ1) is 11.5. The molecule has 1 aliphatic heterocycles. The average Bonchev–Trinajstić information content (AvgIpc) is 2.90. The molecule has 1 N–H and O–H groups in total. The van der Waals surface area contributed by atoms with Gasteiger partial charge in [0.25, 0.3) is 0 Å². The SMILES string of the molecule is COc1ccc(C)cc1NC(=O)C(=O)N1c2ccccc2CC1C. The number of nitrogens with zero attached hydrogens (tertiary/aromatic N) is 1. The number of carbonyl (C=O) groups is 2. The molecule has 3 rings (SSSR count). The molecule has 0 fully saturated rings. The summed E-state index contributed by atoms with van der Waals surface area (Å²) in [6.07, 6.45) is 0.753. The van der Waals surface area contributed by atoms with Crippen molar-refractivity contribution in [2.45, 2.75) is 26.3 Å². The summed E-state index contributed by atoms with van der Waals surface area (Å²) in [7, 11) is 1.53. The van der Waals surface area contributed by atoms with E-state index in [2.05, 4.69) is 5.32 Å². The number of benzene rings is 2. The molecular formula is C19H20N2O3. The molecule has 0 spiro atoms. The van der Waals surface area contributed by atoms with Gasteiger partial charge < -0.3 is 15.0 Å². The van der Waals surface area contributed by atoms with E-state index in [1.165, 1.54) is 7.11 Å². The summed E-state index contributed by atoms with van der Waals surface area (Å²) in [5.74, 6) is -0.699. The maximum atomic E-state index is 12.7. The van der Waals surface area contributed by atoms with Gasteiger partial charge in [-0.1, -0.05) is 24.3 Å². The molecule has 5 nitrogen and oxygen atoms in total. The summed E-state index contributed by atoms with van der Waals surface area (Å²) in [6, 6.07) is 13.1. The van der Waals surface area contributed by atoms with Crippen molar-refractivity contribution < 1.29 is 14.3 Å². The van der Waals surface area contributed by atoms with Crippen LogP contribution in [0.15, 0.2) is 42.5 Å². The third-order valence-electron chi connectivity index (χ3n) is 4.22. The first-order valence-electron chi connectivity index (χ1n) is 7.88. The van der Waals surface area contributed by atoms with E-state index >= 15 is 0 Å². The molecule has 0 bridgehead atoms. The Hall–Kier alpha value is -2.82. The van der Waals surface area contributed by atoms with Crippen molar-refractivity contribution in [1.29, 1.82) is 0 Å². The van der Waals surface area contributed by atoms with Crippen molar-refractivity contribution >= 4 is 23.2 Å². The van der Waals surface area contributed by atoms with Gasteiger partial charge in [0, 0.05) is 11.7 Å². The first kappa shape index (κ1) is 16.1. The molecule has 2 aromatic rings. The molecular weight excluding hydrogens is 304 g/mol. The summed E-state index contributed by atoms with van der Waals surface area (Å²) in [5.41, 5.74) is 3.36. The number of hydrogen-bond donors (Lipinski definition) is 1. The Morgan fingerprint density at radius 1 is 1.21 bits per heavy atom. The Kier molecular flexibility index (Phi) is 4.25. The van der Waals surface area contributed by atoms with Gasteiger partial charge in [-0.2, -0.15) is 0 Å². The lowest BCUT2D eigenvalue weighted by molar-refractivity contribution is -0.134. The van der Waals surface area contributed by atoms with Crippen LogP contribution in [0.1, 0.15) is 18.1 Å². The van der Waals surface area contributed by atoms with Gasteiger partial charge in [-0.05, 0) is 49.6 Å². The average molecular weight is 324 g/mol. The molecule has 1 atom stereocenters. The zero-order chi connectivity index (χ0) is 17.3. The Balaban J connectivity index is 1.84. The minimum absolute atomic E-state index is 0.0416. The number of carbonyl (C=O) groups excluding carboxylic acids is 2. The predicted octanol–water partition coefficient (Wildman–Crippen LogP) is 2.92. The molecule has 2 amide bonds. The van der Waals surface area contributed by atoms with Crippen LogP contribution in [0.3, 0.4) is 0 Å². The monoisotopic (exact) mass is 324 g/mol. The van der Waals surface area contributed by atoms with Crippen molar-refractivity contribution in [3.8, 4) is 5.75 Å². The van der Waals surface area contributed by atoms with E-state index in [1.54, 1.807) is 17.0 Å². The number of fused-ring (bicyclic) bond motifs is 1. The largest absolute Gasteiger partial charge is 0.495 e. The highest BCUT2D eigenvalue weighted by molar-refractivity contribution is 6.44. The van der Waals surface area contributed by atoms with Crippen LogP contribution >= 0.6 is 0 Å². The molecule has 1 unspecified atom stereocenters. The summed E-state index contributed by atoms with van der Waals surface area (Å²) in [5, 5.41) is 2.68. The minimum atomic E-state index is -0.664. The molecule has 0 saturated carbocycles. The molecule has 1 aliphatic rings. The minimum Gasteiger partial charge on any atom is -0.495 e. The Labute approximate surface area is 141 Å². The highest BCUT2D eigenvalue weighted by Gasteiger charge is 2.34. The van der Waals surface area contributed by atoms with Crippen molar-refractivity contribution in [2.75, 3.05) is 17.3 Å². The van der Waals surface area contributed by atoms with Crippen LogP contribution < -0.4 is 15.0 Å². The fourth-order valence-electron chi connectivity index (χ4n) is 3.08. The van der Waals surface area contributed by atoms with Gasteiger partial charge >= 0.3 is 11.8 Å². The summed E-state index contributed by atoms with van der Waals surface area (Å²) in [4.78, 5) is 26.7. The lowest BCUT2D eigenvalue weighted by Crippen LogP contribution is -2.43. The van der Waals surface area contributed by atoms with E-state index in [1.807, 2.05) is 44.2 Å². The van der Waals surface area contributed by atoms with Gasteiger partial charge in [0.05, 0.1) is 12.8 Å². The molecule has 5 heteroatoms. The van der Waals surface area contributed by atoms with Crippen LogP contribution in [0.25, 0.3) is 0 Å². The molecule has 124 valence electrons. The maximum Gasteiger partial charge on any atom is 0.316 e. The van der Waals surface area contributed by atoms with Crippen molar-refractivity contribution in [2.24, 2.45) is 0 Å². The van der Waals surface area contributed by atoms with Gasteiger partial charge in [-0.3, -0.25) is 9.59 Å².